The van der Waals surface area contributed by atoms with Crippen molar-refractivity contribution in [3.63, 3.8) is 0 Å². The van der Waals surface area contributed by atoms with E-state index >= 15 is 0 Å². The minimum absolute atomic E-state index is 0.0935. The summed E-state index contributed by atoms with van der Waals surface area (Å²) in [5.41, 5.74) is 1.52. The van der Waals surface area contributed by atoms with Crippen LogP contribution in [0, 0.1) is 17.3 Å². The van der Waals surface area contributed by atoms with Gasteiger partial charge in [-0.3, -0.25) is 9.59 Å². The van der Waals surface area contributed by atoms with Crippen LogP contribution in [0.2, 0.25) is 0 Å². The second-order valence-corrected chi connectivity index (χ2v) is 5.95. The number of ether oxygens (including phenoxy) is 1. The van der Waals surface area contributed by atoms with Gasteiger partial charge >= 0.3 is 5.97 Å². The summed E-state index contributed by atoms with van der Waals surface area (Å²) >= 11 is 0. The number of hydrogen-bond acceptors (Lipinski definition) is 3. The molecular weight excluding hydrogens is 252 g/mol. The molecule has 1 saturated carbocycles. The minimum Gasteiger partial charge on any atom is -0.461 e. The molecule has 1 aromatic rings. The Bertz CT molecular complexity index is 528. The van der Waals surface area contributed by atoms with Gasteiger partial charge in [0.05, 0.1) is 5.92 Å². The molecular formula is C17H20O3. The standard InChI is InChI=1S/C17H20O3/c1-12(10-18)9-14-15(17(14,2)3)16(19)20-11-13-7-5-4-6-8-13/h4-10,14-15H,11H2,1-3H3. The van der Waals surface area contributed by atoms with Gasteiger partial charge in [-0.05, 0) is 29.4 Å². The minimum atomic E-state index is -0.182. The van der Waals surface area contributed by atoms with E-state index < -0.39 is 0 Å². The largest absolute Gasteiger partial charge is 0.461 e. The Morgan fingerprint density at radius 1 is 1.30 bits per heavy atom. The van der Waals surface area contributed by atoms with Crippen LogP contribution in [0.15, 0.2) is 42.0 Å². The first-order valence-corrected chi connectivity index (χ1v) is 6.81. The predicted molar refractivity (Wildman–Crippen MR) is 76.8 cm³/mol. The van der Waals surface area contributed by atoms with Gasteiger partial charge in [0.2, 0.25) is 0 Å². The first kappa shape index (κ1) is 14.5. The molecule has 2 rings (SSSR count). The smallest absolute Gasteiger partial charge is 0.310 e. The first-order chi connectivity index (χ1) is 9.46. The fraction of sp³-hybridized carbons (Fsp3) is 0.412. The Kier molecular flexibility index (Phi) is 4.07. The van der Waals surface area contributed by atoms with Gasteiger partial charge in [0.15, 0.2) is 0 Å². The summed E-state index contributed by atoms with van der Waals surface area (Å²) in [5.74, 6) is -0.240. The summed E-state index contributed by atoms with van der Waals surface area (Å²) in [4.78, 5) is 22.8. The Morgan fingerprint density at radius 3 is 2.55 bits per heavy atom. The van der Waals surface area contributed by atoms with Crippen LogP contribution in [-0.2, 0) is 20.9 Å². The molecule has 1 aliphatic rings. The van der Waals surface area contributed by atoms with Gasteiger partial charge in [-0.1, -0.05) is 50.3 Å². The van der Waals surface area contributed by atoms with Crippen molar-refractivity contribution >= 4 is 12.3 Å². The van der Waals surface area contributed by atoms with E-state index in [0.29, 0.717) is 12.2 Å². The van der Waals surface area contributed by atoms with Crippen LogP contribution >= 0.6 is 0 Å². The summed E-state index contributed by atoms with van der Waals surface area (Å²) in [5, 5.41) is 0. The normalized spacial score (nSPS) is 24.1. The fourth-order valence-electron chi connectivity index (χ4n) is 2.58. The lowest BCUT2D eigenvalue weighted by Gasteiger charge is -2.05. The average Bonchev–Trinajstić information content (AvgIpc) is 2.98. The van der Waals surface area contributed by atoms with Gasteiger partial charge in [-0.25, -0.2) is 0 Å². The third kappa shape index (κ3) is 2.98. The van der Waals surface area contributed by atoms with Gasteiger partial charge in [0.25, 0.3) is 0 Å². The molecule has 2 atom stereocenters. The van der Waals surface area contributed by atoms with Gasteiger partial charge in [-0.15, -0.1) is 0 Å². The fourth-order valence-corrected chi connectivity index (χ4v) is 2.58. The van der Waals surface area contributed by atoms with Crippen LogP contribution in [0.1, 0.15) is 26.3 Å². The van der Waals surface area contributed by atoms with E-state index in [0.717, 1.165) is 11.8 Å². The molecule has 0 aliphatic heterocycles. The predicted octanol–water partition coefficient (Wildman–Crippen LogP) is 3.15. The van der Waals surface area contributed by atoms with E-state index in [-0.39, 0.29) is 23.2 Å². The maximum atomic E-state index is 12.1. The van der Waals surface area contributed by atoms with Crippen molar-refractivity contribution in [2.75, 3.05) is 0 Å². The lowest BCUT2D eigenvalue weighted by Crippen LogP contribution is -2.10. The van der Waals surface area contributed by atoms with Crippen LogP contribution in [0.3, 0.4) is 0 Å². The molecule has 2 unspecified atom stereocenters. The number of aldehydes is 1. The Labute approximate surface area is 119 Å². The molecule has 1 aromatic carbocycles. The van der Waals surface area contributed by atoms with Gasteiger partial charge in [-0.2, -0.15) is 0 Å². The number of allylic oxidation sites excluding steroid dienone is 2. The van der Waals surface area contributed by atoms with Crippen LogP contribution in [0.25, 0.3) is 0 Å². The van der Waals surface area contributed by atoms with Gasteiger partial charge in [0.1, 0.15) is 12.9 Å². The van der Waals surface area contributed by atoms with Crippen molar-refractivity contribution in [3.8, 4) is 0 Å². The number of benzene rings is 1. The van der Waals surface area contributed by atoms with Crippen molar-refractivity contribution in [2.24, 2.45) is 17.3 Å². The highest BCUT2D eigenvalue weighted by atomic mass is 16.5. The lowest BCUT2D eigenvalue weighted by molar-refractivity contribution is -0.147. The molecule has 0 bridgehead atoms. The molecule has 0 amide bonds. The quantitative estimate of drug-likeness (QED) is 0.470. The van der Waals surface area contributed by atoms with Gasteiger partial charge in [0, 0.05) is 0 Å². The van der Waals surface area contributed by atoms with E-state index in [1.54, 1.807) is 6.92 Å². The highest BCUT2D eigenvalue weighted by Crippen LogP contribution is 2.59. The molecule has 0 radical (unpaired) electrons. The Balaban J connectivity index is 1.95. The molecule has 0 aromatic heterocycles. The van der Waals surface area contributed by atoms with E-state index in [1.807, 2.05) is 50.3 Å². The van der Waals surface area contributed by atoms with Crippen molar-refractivity contribution in [2.45, 2.75) is 27.4 Å². The molecule has 0 N–H and O–H groups in total. The van der Waals surface area contributed by atoms with Crippen molar-refractivity contribution in [1.29, 1.82) is 0 Å². The molecule has 3 nitrogen and oxygen atoms in total. The van der Waals surface area contributed by atoms with E-state index in [2.05, 4.69) is 0 Å². The molecule has 20 heavy (non-hydrogen) atoms. The van der Waals surface area contributed by atoms with E-state index in [9.17, 15) is 9.59 Å². The van der Waals surface area contributed by atoms with Gasteiger partial charge < -0.3 is 4.74 Å². The van der Waals surface area contributed by atoms with Crippen molar-refractivity contribution in [3.05, 3.63) is 47.5 Å². The van der Waals surface area contributed by atoms with E-state index in [1.165, 1.54) is 0 Å². The maximum absolute atomic E-state index is 12.1. The number of hydrogen-bond donors (Lipinski definition) is 0. The first-order valence-electron chi connectivity index (χ1n) is 6.81. The SMILES string of the molecule is CC(C=O)=CC1C(C(=O)OCc2ccccc2)C1(C)C. The topological polar surface area (TPSA) is 43.4 Å². The van der Waals surface area contributed by atoms with E-state index in [4.69, 9.17) is 4.74 Å². The summed E-state index contributed by atoms with van der Waals surface area (Å²) < 4.78 is 5.38. The summed E-state index contributed by atoms with van der Waals surface area (Å²) in [6.45, 7) is 6.12. The highest BCUT2D eigenvalue weighted by Gasteiger charge is 2.61. The Hall–Kier alpha value is -1.90. The number of carbonyl (C=O) groups excluding carboxylic acids is 2. The van der Waals surface area contributed by atoms with Crippen molar-refractivity contribution < 1.29 is 14.3 Å². The zero-order chi connectivity index (χ0) is 14.8. The second kappa shape index (κ2) is 5.61. The number of esters is 1. The third-order valence-electron chi connectivity index (χ3n) is 4.02. The zero-order valence-corrected chi connectivity index (χ0v) is 12.1. The van der Waals surface area contributed by atoms with Crippen LogP contribution in [0.4, 0.5) is 0 Å². The third-order valence-corrected chi connectivity index (χ3v) is 4.02. The monoisotopic (exact) mass is 272 g/mol. The Morgan fingerprint density at radius 2 is 1.95 bits per heavy atom. The van der Waals surface area contributed by atoms with Crippen LogP contribution in [0.5, 0.6) is 0 Å². The number of carbonyl (C=O) groups is 2. The molecule has 106 valence electrons. The van der Waals surface area contributed by atoms with Crippen molar-refractivity contribution in [1.82, 2.24) is 0 Å². The zero-order valence-electron chi connectivity index (χ0n) is 12.1. The summed E-state index contributed by atoms with van der Waals surface area (Å²) in [7, 11) is 0. The molecule has 1 aliphatic carbocycles. The molecule has 3 heteroatoms. The maximum Gasteiger partial charge on any atom is 0.310 e. The summed E-state index contributed by atoms with van der Waals surface area (Å²) in [6, 6.07) is 9.63. The van der Waals surface area contributed by atoms with Crippen LogP contribution in [-0.4, -0.2) is 12.3 Å². The molecule has 0 spiro atoms. The van der Waals surface area contributed by atoms with Crippen LogP contribution < -0.4 is 0 Å². The molecule has 0 saturated heterocycles. The number of rotatable bonds is 5. The molecule has 0 heterocycles. The highest BCUT2D eigenvalue weighted by molar-refractivity contribution is 5.79. The molecule has 1 fully saturated rings. The lowest BCUT2D eigenvalue weighted by atomic mass is 10.1. The summed E-state index contributed by atoms with van der Waals surface area (Å²) in [6.07, 6.45) is 2.70. The average molecular weight is 272 g/mol. The second-order valence-electron chi connectivity index (χ2n) is 5.95.